The Kier molecular flexibility index (Phi) is 5.44. The smallest absolute Gasteiger partial charge is 0.351 e. The molecular formula is C9H8Cl2F3N3. The van der Waals surface area contributed by atoms with Gasteiger partial charge in [0.25, 0.3) is 0 Å². The van der Waals surface area contributed by atoms with Gasteiger partial charge in [0.2, 0.25) is 0 Å². The Balaban J connectivity index is 0.00000128. The van der Waals surface area contributed by atoms with Gasteiger partial charge in [-0.3, -0.25) is 4.98 Å². The van der Waals surface area contributed by atoms with Crippen LogP contribution in [-0.4, -0.2) is 15.0 Å². The zero-order valence-electron chi connectivity index (χ0n) is 8.23. The van der Waals surface area contributed by atoms with Gasteiger partial charge in [0, 0.05) is 24.2 Å². The van der Waals surface area contributed by atoms with Crippen LogP contribution >= 0.6 is 24.8 Å². The fourth-order valence-corrected chi connectivity index (χ4v) is 1.15. The molecule has 2 heterocycles. The van der Waals surface area contributed by atoms with E-state index < -0.39 is 11.7 Å². The third-order valence-corrected chi connectivity index (χ3v) is 1.86. The number of alkyl halides is 3. The highest BCUT2D eigenvalue weighted by Crippen LogP contribution is 2.30. The molecule has 0 radical (unpaired) electrons. The Morgan fingerprint density at radius 3 is 2.35 bits per heavy atom. The summed E-state index contributed by atoms with van der Waals surface area (Å²) in [7, 11) is 0. The molecule has 0 saturated heterocycles. The maximum atomic E-state index is 12.3. The lowest BCUT2D eigenvalue weighted by molar-refractivity contribution is -0.137. The summed E-state index contributed by atoms with van der Waals surface area (Å²) in [6.07, 6.45) is 0.660. The first-order valence-corrected chi connectivity index (χ1v) is 4.09. The van der Waals surface area contributed by atoms with Crippen LogP contribution in [-0.2, 0) is 6.18 Å². The molecule has 0 aromatic carbocycles. The fourth-order valence-electron chi connectivity index (χ4n) is 1.15. The Morgan fingerprint density at radius 1 is 1.12 bits per heavy atom. The monoisotopic (exact) mass is 285 g/mol. The maximum absolute atomic E-state index is 12.3. The minimum atomic E-state index is -4.38. The van der Waals surface area contributed by atoms with Crippen LogP contribution in [0.4, 0.5) is 13.2 Å². The summed E-state index contributed by atoms with van der Waals surface area (Å²) in [4.78, 5) is 10.0. The highest BCUT2D eigenvalue weighted by Gasteiger charge is 2.31. The van der Waals surface area contributed by atoms with Crippen molar-refractivity contribution in [3.05, 3.63) is 36.5 Å². The normalized spacial score (nSPS) is 10.3. The Hall–Kier alpha value is -1.27. The summed E-state index contributed by atoms with van der Waals surface area (Å²) in [6.45, 7) is 0. The molecule has 0 aliphatic heterocycles. The molecule has 2 rings (SSSR count). The molecule has 0 bridgehead atoms. The van der Waals surface area contributed by atoms with Crippen molar-refractivity contribution in [1.82, 2.24) is 15.0 Å². The number of nitrogens with zero attached hydrogens (tertiary/aromatic N) is 2. The lowest BCUT2D eigenvalue weighted by Gasteiger charge is -2.06. The number of hydrogen-bond donors (Lipinski definition) is 1. The van der Waals surface area contributed by atoms with E-state index in [0.717, 1.165) is 12.3 Å². The zero-order valence-corrected chi connectivity index (χ0v) is 9.86. The second-order valence-electron chi connectivity index (χ2n) is 2.91. The minimum Gasteiger partial charge on any atom is -0.351 e. The molecule has 0 unspecified atom stereocenters. The molecule has 3 nitrogen and oxygen atoms in total. The largest absolute Gasteiger partial charge is 0.417 e. The van der Waals surface area contributed by atoms with E-state index in [9.17, 15) is 13.2 Å². The predicted molar refractivity (Wildman–Crippen MR) is 61.3 cm³/mol. The van der Waals surface area contributed by atoms with Gasteiger partial charge < -0.3 is 4.98 Å². The lowest BCUT2D eigenvalue weighted by atomic mass is 10.1. The first-order valence-electron chi connectivity index (χ1n) is 4.09. The van der Waals surface area contributed by atoms with Crippen LogP contribution in [0.25, 0.3) is 11.3 Å². The van der Waals surface area contributed by atoms with Gasteiger partial charge in [0.1, 0.15) is 0 Å². The van der Waals surface area contributed by atoms with Crippen molar-refractivity contribution < 1.29 is 13.2 Å². The molecule has 2 aromatic heterocycles. The van der Waals surface area contributed by atoms with Crippen LogP contribution in [0, 0.1) is 0 Å². The molecule has 94 valence electrons. The molecule has 0 aliphatic carbocycles. The number of aromatic nitrogens is 3. The summed E-state index contributed by atoms with van der Waals surface area (Å²) in [6, 6.07) is 1.02. The summed E-state index contributed by atoms with van der Waals surface area (Å²) < 4.78 is 37.0. The van der Waals surface area contributed by atoms with Crippen molar-refractivity contribution in [1.29, 1.82) is 0 Å². The molecule has 0 spiro atoms. The number of halogens is 5. The second kappa shape index (κ2) is 5.88. The number of H-pyrrole nitrogens is 1. The van der Waals surface area contributed by atoms with Gasteiger partial charge in [-0.2, -0.15) is 13.2 Å². The number of rotatable bonds is 1. The van der Waals surface area contributed by atoms with Crippen molar-refractivity contribution in [3.8, 4) is 11.3 Å². The third-order valence-electron chi connectivity index (χ3n) is 1.86. The zero-order chi connectivity index (χ0) is 10.9. The Morgan fingerprint density at radius 2 is 1.82 bits per heavy atom. The molecule has 8 heteroatoms. The van der Waals surface area contributed by atoms with Gasteiger partial charge in [-0.15, -0.1) is 24.8 Å². The van der Waals surface area contributed by atoms with Crippen LogP contribution in [0.2, 0.25) is 0 Å². The molecule has 17 heavy (non-hydrogen) atoms. The fraction of sp³-hybridized carbons (Fsp3) is 0.111. The number of hydrogen-bond acceptors (Lipinski definition) is 2. The maximum Gasteiger partial charge on any atom is 0.417 e. The number of nitrogens with one attached hydrogen (secondary N) is 1. The number of aromatic amines is 1. The van der Waals surface area contributed by atoms with Crippen LogP contribution < -0.4 is 0 Å². The van der Waals surface area contributed by atoms with Crippen molar-refractivity contribution in [2.75, 3.05) is 0 Å². The van der Waals surface area contributed by atoms with Crippen LogP contribution in [0.5, 0.6) is 0 Å². The Bertz CT molecular complexity index is 457. The lowest BCUT2D eigenvalue weighted by Crippen LogP contribution is -2.05. The minimum absolute atomic E-state index is 0. The summed E-state index contributed by atoms with van der Waals surface area (Å²) in [5.74, 6) is 0. The van der Waals surface area contributed by atoms with Gasteiger partial charge in [0.05, 0.1) is 17.6 Å². The van der Waals surface area contributed by atoms with Gasteiger partial charge in [-0.25, -0.2) is 4.98 Å². The average Bonchev–Trinajstić information content (AvgIpc) is 2.69. The third kappa shape index (κ3) is 3.61. The molecule has 0 atom stereocenters. The standard InChI is InChI=1S/C9H6F3N3.2ClH/c10-9(11,12)7-1-6(2-13-3-7)8-4-14-5-15-8;;/h1-5H,(H,14,15);2*1H. The summed E-state index contributed by atoms with van der Waals surface area (Å²) in [5, 5.41) is 0. The highest BCUT2D eigenvalue weighted by atomic mass is 35.5. The van der Waals surface area contributed by atoms with E-state index in [0.29, 0.717) is 11.3 Å². The number of imidazole rings is 1. The van der Waals surface area contributed by atoms with Crippen LogP contribution in [0.1, 0.15) is 5.56 Å². The van der Waals surface area contributed by atoms with Gasteiger partial charge in [0.15, 0.2) is 0 Å². The average molecular weight is 286 g/mol. The molecule has 1 N–H and O–H groups in total. The highest BCUT2D eigenvalue weighted by molar-refractivity contribution is 5.85. The van der Waals surface area contributed by atoms with Gasteiger partial charge in [-0.1, -0.05) is 0 Å². The SMILES string of the molecule is Cl.Cl.FC(F)(F)c1cncc(-c2c[nH]cn2)c1. The molecule has 0 saturated carbocycles. The van der Waals surface area contributed by atoms with Crippen LogP contribution in [0.3, 0.4) is 0 Å². The van der Waals surface area contributed by atoms with Crippen molar-refractivity contribution in [2.45, 2.75) is 6.18 Å². The van der Waals surface area contributed by atoms with E-state index >= 15 is 0 Å². The topological polar surface area (TPSA) is 41.6 Å². The van der Waals surface area contributed by atoms with E-state index in [1.54, 1.807) is 0 Å². The predicted octanol–water partition coefficient (Wildman–Crippen LogP) is 3.33. The van der Waals surface area contributed by atoms with E-state index in [2.05, 4.69) is 15.0 Å². The number of pyridine rings is 1. The quantitative estimate of drug-likeness (QED) is 0.873. The molecule has 2 aromatic rings. The van der Waals surface area contributed by atoms with Crippen molar-refractivity contribution in [3.63, 3.8) is 0 Å². The van der Waals surface area contributed by atoms with Gasteiger partial charge >= 0.3 is 6.18 Å². The molecular weight excluding hydrogens is 278 g/mol. The van der Waals surface area contributed by atoms with E-state index in [-0.39, 0.29) is 24.8 Å². The van der Waals surface area contributed by atoms with E-state index in [4.69, 9.17) is 0 Å². The van der Waals surface area contributed by atoms with E-state index in [1.165, 1.54) is 18.7 Å². The molecule has 0 fully saturated rings. The first-order chi connectivity index (χ1) is 7.07. The molecule has 0 aliphatic rings. The van der Waals surface area contributed by atoms with Crippen LogP contribution in [0.15, 0.2) is 31.0 Å². The Labute approximate surface area is 107 Å². The summed E-state index contributed by atoms with van der Waals surface area (Å²) in [5.41, 5.74) is 0.00248. The summed E-state index contributed by atoms with van der Waals surface area (Å²) >= 11 is 0. The van der Waals surface area contributed by atoms with Gasteiger partial charge in [-0.05, 0) is 6.07 Å². The molecule has 0 amide bonds. The van der Waals surface area contributed by atoms with Crippen molar-refractivity contribution >= 4 is 24.8 Å². The second-order valence-corrected chi connectivity index (χ2v) is 2.91. The van der Waals surface area contributed by atoms with Crippen molar-refractivity contribution in [2.24, 2.45) is 0 Å². The van der Waals surface area contributed by atoms with E-state index in [1.807, 2.05) is 0 Å². The first kappa shape index (κ1) is 15.7.